The summed E-state index contributed by atoms with van der Waals surface area (Å²) in [6.07, 6.45) is 32.7. The largest absolute Gasteiger partial charge is 0.493 e. The van der Waals surface area contributed by atoms with Crippen LogP contribution in [0.2, 0.25) is 0 Å². The van der Waals surface area contributed by atoms with E-state index in [-0.39, 0.29) is 0 Å². The van der Waals surface area contributed by atoms with Crippen LogP contribution in [-0.2, 0) is 12.8 Å². The maximum atomic E-state index is 11.9. The number of hydrogen-bond acceptors (Lipinski definition) is 0. The minimum absolute atomic E-state index is 0.982. The van der Waals surface area contributed by atoms with Crippen molar-refractivity contribution in [3.63, 3.8) is 0 Å². The lowest BCUT2D eigenvalue weighted by Gasteiger charge is -2.13. The number of aryl methyl sites for hydroxylation is 2. The normalized spacial score (nSPS) is 13.6. The van der Waals surface area contributed by atoms with E-state index in [0.717, 1.165) is 68.3 Å². The van der Waals surface area contributed by atoms with Gasteiger partial charge < -0.3 is 5.53 Å². The SMILES string of the molecule is CCCCCCCCCCCCCCCC=CCCc1ccccc1C1=C(CCC)C(CCCC)=C(c2cccc(CC)c2)[N+]1=[N-]. The van der Waals surface area contributed by atoms with Crippen molar-refractivity contribution < 1.29 is 4.70 Å². The van der Waals surface area contributed by atoms with E-state index < -0.39 is 0 Å². The van der Waals surface area contributed by atoms with Crippen molar-refractivity contribution in [2.45, 2.75) is 169 Å². The summed E-state index contributed by atoms with van der Waals surface area (Å²) >= 11 is 0. The molecule has 0 radical (unpaired) electrons. The van der Waals surface area contributed by atoms with Crippen molar-refractivity contribution in [3.8, 4) is 0 Å². The van der Waals surface area contributed by atoms with E-state index in [9.17, 15) is 5.53 Å². The van der Waals surface area contributed by atoms with Crippen LogP contribution < -0.4 is 0 Å². The van der Waals surface area contributed by atoms with Gasteiger partial charge in [-0.2, -0.15) is 0 Å². The Morgan fingerprint density at radius 1 is 0.543 bits per heavy atom. The van der Waals surface area contributed by atoms with E-state index in [1.807, 2.05) is 0 Å². The lowest BCUT2D eigenvalue weighted by atomic mass is 9.91. The molecule has 2 aromatic rings. The quantitative estimate of drug-likeness (QED) is 0.0598. The third-order valence-corrected chi connectivity index (χ3v) is 9.74. The summed E-state index contributed by atoms with van der Waals surface area (Å²) in [5.74, 6) is 0. The first-order valence-electron chi connectivity index (χ1n) is 19.4. The number of hydrogen-bond donors (Lipinski definition) is 0. The molecule has 0 N–H and O–H groups in total. The molecule has 1 aliphatic rings. The molecule has 0 saturated carbocycles. The van der Waals surface area contributed by atoms with Crippen molar-refractivity contribution in [1.29, 1.82) is 0 Å². The Hall–Kier alpha value is -2.74. The van der Waals surface area contributed by atoms with Gasteiger partial charge in [0, 0.05) is 22.3 Å². The number of benzene rings is 2. The van der Waals surface area contributed by atoms with E-state index in [4.69, 9.17) is 0 Å². The Balaban J connectivity index is 1.53. The highest BCUT2D eigenvalue weighted by molar-refractivity contribution is 5.83. The minimum atomic E-state index is 0.982. The molecule has 3 rings (SSSR count). The van der Waals surface area contributed by atoms with Gasteiger partial charge in [0.2, 0.25) is 11.4 Å². The zero-order valence-electron chi connectivity index (χ0n) is 30.2. The molecule has 2 heteroatoms. The molecule has 0 spiro atoms. The van der Waals surface area contributed by atoms with Gasteiger partial charge in [0.05, 0.1) is 0 Å². The van der Waals surface area contributed by atoms with Crippen LogP contribution in [0, 0.1) is 0 Å². The molecule has 2 nitrogen and oxygen atoms in total. The molecule has 0 atom stereocenters. The number of nitrogens with zero attached hydrogens (tertiary/aromatic N) is 2. The Labute approximate surface area is 284 Å². The zero-order chi connectivity index (χ0) is 32.8. The van der Waals surface area contributed by atoms with Gasteiger partial charge in [-0.1, -0.05) is 160 Å². The average Bonchev–Trinajstić information content (AvgIpc) is 3.35. The molecule has 0 aliphatic carbocycles. The van der Waals surface area contributed by atoms with Gasteiger partial charge in [-0.05, 0) is 80.7 Å². The summed E-state index contributed by atoms with van der Waals surface area (Å²) < 4.78 is 1.55. The predicted molar refractivity (Wildman–Crippen MR) is 202 cm³/mol. The number of unbranched alkanes of at least 4 members (excludes halogenated alkanes) is 14. The van der Waals surface area contributed by atoms with E-state index in [0.29, 0.717) is 0 Å². The van der Waals surface area contributed by atoms with Gasteiger partial charge in [-0.15, -0.1) is 0 Å². The van der Waals surface area contributed by atoms with Gasteiger partial charge in [0.15, 0.2) is 0 Å². The molecule has 1 heterocycles. The Morgan fingerprint density at radius 2 is 1.15 bits per heavy atom. The van der Waals surface area contributed by atoms with Crippen LogP contribution in [0.3, 0.4) is 0 Å². The monoisotopic (exact) mass is 623 g/mol. The smallest absolute Gasteiger partial charge is 0.211 e. The number of allylic oxidation sites excluding steroid dienone is 4. The fraction of sp³-hybridized carbons (Fsp3) is 0.591. The third-order valence-electron chi connectivity index (χ3n) is 9.74. The predicted octanol–water partition coefficient (Wildman–Crippen LogP) is 14.4. The molecule has 0 bridgehead atoms. The second-order valence-corrected chi connectivity index (χ2v) is 13.6. The molecule has 2 aromatic carbocycles. The van der Waals surface area contributed by atoms with Crippen LogP contribution >= 0.6 is 0 Å². The molecule has 0 unspecified atom stereocenters. The molecule has 0 amide bonds. The molecule has 0 saturated heterocycles. The van der Waals surface area contributed by atoms with Crippen molar-refractivity contribution in [2.24, 2.45) is 0 Å². The van der Waals surface area contributed by atoms with Crippen LogP contribution in [0.1, 0.15) is 178 Å². The van der Waals surface area contributed by atoms with Crippen molar-refractivity contribution in [1.82, 2.24) is 0 Å². The first kappa shape index (κ1) is 37.7. The van der Waals surface area contributed by atoms with Crippen LogP contribution in [0.5, 0.6) is 0 Å². The molecular formula is C44H66N2. The second-order valence-electron chi connectivity index (χ2n) is 13.6. The highest BCUT2D eigenvalue weighted by Gasteiger charge is 2.35. The van der Waals surface area contributed by atoms with E-state index >= 15 is 0 Å². The highest BCUT2D eigenvalue weighted by Crippen LogP contribution is 2.45. The van der Waals surface area contributed by atoms with Crippen LogP contribution in [0.4, 0.5) is 0 Å². The number of rotatable bonds is 25. The lowest BCUT2D eigenvalue weighted by Crippen LogP contribution is -2.05. The van der Waals surface area contributed by atoms with Gasteiger partial charge in [0.25, 0.3) is 0 Å². The Bertz CT molecular complexity index is 1260. The molecule has 46 heavy (non-hydrogen) atoms. The van der Waals surface area contributed by atoms with Crippen molar-refractivity contribution in [3.05, 3.63) is 99.6 Å². The summed E-state index contributed by atoms with van der Waals surface area (Å²) in [4.78, 5) is 0. The van der Waals surface area contributed by atoms with E-state index in [1.165, 1.54) is 118 Å². The van der Waals surface area contributed by atoms with Gasteiger partial charge in [0.1, 0.15) is 0 Å². The molecule has 1 aliphatic heterocycles. The summed E-state index contributed by atoms with van der Waals surface area (Å²) in [5, 5.41) is 0. The minimum Gasteiger partial charge on any atom is -0.493 e. The molecule has 252 valence electrons. The van der Waals surface area contributed by atoms with E-state index in [2.05, 4.69) is 88.4 Å². The first-order chi connectivity index (χ1) is 22.7. The van der Waals surface area contributed by atoms with Crippen LogP contribution in [0.15, 0.2) is 71.8 Å². The fourth-order valence-corrected chi connectivity index (χ4v) is 7.03. The lowest BCUT2D eigenvalue weighted by molar-refractivity contribution is -0.345. The highest BCUT2D eigenvalue weighted by atomic mass is 15.2. The average molecular weight is 623 g/mol. The molecular weight excluding hydrogens is 556 g/mol. The zero-order valence-corrected chi connectivity index (χ0v) is 30.2. The van der Waals surface area contributed by atoms with Crippen molar-refractivity contribution in [2.75, 3.05) is 0 Å². The summed E-state index contributed by atoms with van der Waals surface area (Å²) in [5.41, 5.74) is 21.6. The fourth-order valence-electron chi connectivity index (χ4n) is 7.03. The second kappa shape index (κ2) is 22.7. The Morgan fingerprint density at radius 3 is 1.80 bits per heavy atom. The van der Waals surface area contributed by atoms with Crippen molar-refractivity contribution >= 4 is 11.4 Å². The van der Waals surface area contributed by atoms with Crippen LogP contribution in [-0.4, -0.2) is 4.70 Å². The standard InChI is InChI=1S/C44H66N2/c1-5-9-11-12-13-14-15-16-17-18-19-20-21-22-23-24-25-31-38-32-26-27-35-40(38)44-41(29-7-3)42(34-10-6-2)43(46(44)45)39-33-28-30-37(8-4)36-39/h23-24,26-28,30,32-33,35-36H,5-22,25,29,31,34H2,1-4H3. The molecule has 0 fully saturated rings. The van der Waals surface area contributed by atoms with Gasteiger partial charge >= 0.3 is 0 Å². The maximum Gasteiger partial charge on any atom is 0.211 e. The summed E-state index contributed by atoms with van der Waals surface area (Å²) in [7, 11) is 0. The first-order valence-corrected chi connectivity index (χ1v) is 19.4. The summed E-state index contributed by atoms with van der Waals surface area (Å²) in [6, 6.07) is 17.6. The third kappa shape index (κ3) is 12.1. The van der Waals surface area contributed by atoms with E-state index in [1.54, 1.807) is 4.70 Å². The topological polar surface area (TPSA) is 25.3 Å². The maximum absolute atomic E-state index is 11.9. The van der Waals surface area contributed by atoms with Gasteiger partial charge in [-0.3, -0.25) is 0 Å². The molecule has 0 aromatic heterocycles. The van der Waals surface area contributed by atoms with Crippen LogP contribution in [0.25, 0.3) is 16.9 Å². The summed E-state index contributed by atoms with van der Waals surface area (Å²) in [6.45, 7) is 9.01. The van der Waals surface area contributed by atoms with Gasteiger partial charge in [-0.25, -0.2) is 4.70 Å². The Kier molecular flexibility index (Phi) is 18.6.